The van der Waals surface area contributed by atoms with E-state index in [-0.39, 0.29) is 25.7 Å². The molecule has 0 aromatic rings. The van der Waals surface area contributed by atoms with Crippen molar-refractivity contribution in [3.63, 3.8) is 0 Å². The number of hydrogen-bond acceptors (Lipinski definition) is 15. The van der Waals surface area contributed by atoms with E-state index in [4.69, 9.17) is 37.0 Å². The van der Waals surface area contributed by atoms with E-state index in [0.717, 1.165) is 154 Å². The lowest BCUT2D eigenvalue weighted by atomic mass is 10.0. The van der Waals surface area contributed by atoms with Crippen molar-refractivity contribution in [3.8, 4) is 0 Å². The molecule has 0 rings (SSSR count). The number of phosphoric acid groups is 2. The SMILES string of the molecule is CC/C=C\C/C=C\C/C=C\C/C=C\CCCCC(=O)OCC(COP(=O)(O)OCC(O)COP(=O)(O)OCC(COC(=O)CCCCCCC/C=C\C/C=C\CCCCC)OC(=O)CCCCCCCCCCCCCCCCC)OC(=O)CCCCCCC/C=C\C/C=C\CCCCC. The fourth-order valence-electron chi connectivity index (χ4n) is 10.5. The van der Waals surface area contributed by atoms with Crippen LogP contribution in [0.5, 0.6) is 0 Å². The summed E-state index contributed by atoms with van der Waals surface area (Å²) >= 11 is 0. The van der Waals surface area contributed by atoms with Gasteiger partial charge in [-0.15, -0.1) is 0 Å². The molecule has 0 fully saturated rings. The van der Waals surface area contributed by atoms with Crippen LogP contribution in [0.1, 0.15) is 336 Å². The monoisotopic (exact) mass is 1450 g/mol. The van der Waals surface area contributed by atoms with Gasteiger partial charge >= 0.3 is 39.5 Å². The third-order valence-electron chi connectivity index (χ3n) is 16.5. The number of carbonyl (C=O) groups excluding carboxylic acids is 4. The first-order valence-electron chi connectivity index (χ1n) is 39.5. The highest BCUT2D eigenvalue weighted by atomic mass is 31.2. The van der Waals surface area contributed by atoms with Crippen molar-refractivity contribution in [2.75, 3.05) is 39.6 Å². The molecule has 17 nitrogen and oxygen atoms in total. The van der Waals surface area contributed by atoms with Gasteiger partial charge in [-0.1, -0.05) is 279 Å². The van der Waals surface area contributed by atoms with Crippen molar-refractivity contribution < 1.29 is 80.2 Å². The molecular formula is C81H142O17P2. The summed E-state index contributed by atoms with van der Waals surface area (Å²) in [5.41, 5.74) is 0. The normalized spacial score (nSPS) is 14.4. The molecule has 3 N–H and O–H groups in total. The fourth-order valence-corrected chi connectivity index (χ4v) is 12.1. The van der Waals surface area contributed by atoms with Crippen LogP contribution < -0.4 is 0 Å². The van der Waals surface area contributed by atoms with E-state index in [0.29, 0.717) is 25.7 Å². The number of carbonyl (C=O) groups is 4. The van der Waals surface area contributed by atoms with Gasteiger partial charge in [-0.25, -0.2) is 9.13 Å². The fraction of sp³-hybridized carbons (Fsp3) is 0.753. The molecule has 0 aliphatic heterocycles. The highest BCUT2D eigenvalue weighted by Crippen LogP contribution is 2.45. The van der Waals surface area contributed by atoms with E-state index < -0.39 is 97.5 Å². The molecule has 19 heteroatoms. The smallest absolute Gasteiger partial charge is 0.462 e. The highest BCUT2D eigenvalue weighted by Gasteiger charge is 2.30. The third kappa shape index (κ3) is 72.3. The molecule has 0 aliphatic rings. The number of aliphatic hydroxyl groups is 1. The summed E-state index contributed by atoms with van der Waals surface area (Å²) in [6.45, 7) is 4.67. The van der Waals surface area contributed by atoms with Crippen molar-refractivity contribution in [1.29, 1.82) is 0 Å². The van der Waals surface area contributed by atoms with E-state index >= 15 is 0 Å². The number of allylic oxidation sites excluding steroid dienone is 16. The average molecular weight is 1450 g/mol. The first-order chi connectivity index (χ1) is 48.7. The topological polar surface area (TPSA) is 237 Å². The average Bonchev–Trinajstić information content (AvgIpc) is 1.01. The van der Waals surface area contributed by atoms with Crippen LogP contribution in [0.3, 0.4) is 0 Å². The number of ether oxygens (including phenoxy) is 4. The summed E-state index contributed by atoms with van der Waals surface area (Å²) in [6, 6.07) is 0. The lowest BCUT2D eigenvalue weighted by molar-refractivity contribution is -0.161. The molecule has 0 aliphatic carbocycles. The van der Waals surface area contributed by atoms with Gasteiger partial charge in [-0.05, 0) is 128 Å². The van der Waals surface area contributed by atoms with Crippen LogP contribution in [-0.4, -0.2) is 96.7 Å². The molecule has 5 atom stereocenters. The van der Waals surface area contributed by atoms with Crippen LogP contribution in [0.25, 0.3) is 0 Å². The van der Waals surface area contributed by atoms with Gasteiger partial charge in [0.1, 0.15) is 19.3 Å². The van der Waals surface area contributed by atoms with Crippen LogP contribution >= 0.6 is 15.6 Å². The molecule has 0 bridgehead atoms. The Hall–Kier alpha value is -4.02. The van der Waals surface area contributed by atoms with Gasteiger partial charge in [0.2, 0.25) is 0 Å². The summed E-state index contributed by atoms with van der Waals surface area (Å²) in [6.07, 6.45) is 76.7. The molecule has 0 heterocycles. The summed E-state index contributed by atoms with van der Waals surface area (Å²) in [5.74, 6) is -2.24. The maximum Gasteiger partial charge on any atom is 0.472 e. The van der Waals surface area contributed by atoms with E-state index in [9.17, 15) is 43.2 Å². The van der Waals surface area contributed by atoms with Crippen molar-refractivity contribution >= 4 is 39.5 Å². The van der Waals surface area contributed by atoms with Gasteiger partial charge in [-0.2, -0.15) is 0 Å². The Balaban J connectivity index is 5.40. The minimum Gasteiger partial charge on any atom is -0.462 e. The van der Waals surface area contributed by atoms with Gasteiger partial charge in [-0.3, -0.25) is 37.3 Å². The van der Waals surface area contributed by atoms with E-state index in [2.05, 4.69) is 125 Å². The maximum absolute atomic E-state index is 13.1. The molecular weight excluding hydrogens is 1310 g/mol. The van der Waals surface area contributed by atoms with Crippen LogP contribution in [0, 0.1) is 0 Å². The van der Waals surface area contributed by atoms with Gasteiger partial charge in [0.15, 0.2) is 12.2 Å². The molecule has 0 radical (unpaired) electrons. The molecule has 0 saturated carbocycles. The molecule has 0 saturated heterocycles. The Morgan fingerprint density at radius 2 is 0.520 bits per heavy atom. The number of rotatable bonds is 74. The van der Waals surface area contributed by atoms with Crippen LogP contribution in [-0.2, 0) is 65.4 Å². The number of phosphoric ester groups is 2. The number of aliphatic hydroxyl groups excluding tert-OH is 1. The Labute approximate surface area is 607 Å². The molecule has 0 aromatic carbocycles. The predicted octanol–water partition coefficient (Wildman–Crippen LogP) is 22.8. The van der Waals surface area contributed by atoms with Crippen LogP contribution in [0.4, 0.5) is 0 Å². The van der Waals surface area contributed by atoms with Crippen molar-refractivity contribution in [1.82, 2.24) is 0 Å². The largest absolute Gasteiger partial charge is 0.472 e. The second-order valence-electron chi connectivity index (χ2n) is 26.3. The molecule has 5 unspecified atom stereocenters. The zero-order valence-electron chi connectivity index (χ0n) is 63.1. The predicted molar refractivity (Wildman–Crippen MR) is 409 cm³/mol. The lowest BCUT2D eigenvalue weighted by Gasteiger charge is -2.21. The second kappa shape index (κ2) is 73.3. The van der Waals surface area contributed by atoms with Crippen molar-refractivity contribution in [2.45, 2.75) is 354 Å². The van der Waals surface area contributed by atoms with Gasteiger partial charge in [0, 0.05) is 25.7 Å². The summed E-state index contributed by atoms with van der Waals surface area (Å²) in [5, 5.41) is 10.6. The van der Waals surface area contributed by atoms with E-state index in [1.807, 2.05) is 0 Å². The molecule has 0 spiro atoms. The highest BCUT2D eigenvalue weighted by molar-refractivity contribution is 7.47. The van der Waals surface area contributed by atoms with E-state index in [1.165, 1.54) is 103 Å². The molecule has 0 aromatic heterocycles. The first-order valence-corrected chi connectivity index (χ1v) is 42.5. The summed E-state index contributed by atoms with van der Waals surface area (Å²) in [4.78, 5) is 72.9. The van der Waals surface area contributed by atoms with Crippen LogP contribution in [0.15, 0.2) is 97.2 Å². The Morgan fingerprint density at radius 1 is 0.290 bits per heavy atom. The van der Waals surface area contributed by atoms with Gasteiger partial charge < -0.3 is 33.8 Å². The summed E-state index contributed by atoms with van der Waals surface area (Å²) < 4.78 is 68.5. The number of hydrogen-bond donors (Lipinski definition) is 3. The first kappa shape index (κ1) is 96.0. The second-order valence-corrected chi connectivity index (χ2v) is 29.2. The standard InChI is InChI=1S/C81H142O17P2/c1-5-9-13-17-21-25-29-33-37-41-45-49-53-57-61-65-78(83)91-71-76(97-80(85)67-63-59-55-51-47-43-39-35-31-27-23-19-15-11-7-3)73-95-99(87,88)93-69-75(82)70-94-100(89,90)96-74-77(98-81(86)68-64-60-56-52-48-44-40-36-32-28-24-20-16-12-8-4)72-92-79(84)66-62-58-54-50-46-42-38-34-30-26-22-18-14-10-6-2/h9,13,21-23,25-27,33-35,37-39,45,49,75-77,82H,5-8,10-12,14-20,24,28-32,36,40-44,46-48,50-74H2,1-4H3,(H,87,88)(H,89,90)/b13-9-,25-21-,26-22-,27-23-,37-33-,38-34-,39-35-,49-45-. The Morgan fingerprint density at radius 3 is 0.840 bits per heavy atom. The Bertz CT molecular complexity index is 2270. The van der Waals surface area contributed by atoms with Crippen molar-refractivity contribution in [2.24, 2.45) is 0 Å². The summed E-state index contributed by atoms with van der Waals surface area (Å²) in [7, 11) is -9.97. The zero-order chi connectivity index (χ0) is 73.2. The molecule has 0 amide bonds. The zero-order valence-corrected chi connectivity index (χ0v) is 64.9. The Kier molecular flexibility index (Phi) is 70.4. The minimum atomic E-state index is -4.99. The lowest BCUT2D eigenvalue weighted by Crippen LogP contribution is -2.30. The quantitative estimate of drug-likeness (QED) is 0.0169. The number of esters is 4. The van der Waals surface area contributed by atoms with E-state index in [1.54, 1.807) is 0 Å². The van der Waals surface area contributed by atoms with Crippen LogP contribution in [0.2, 0.25) is 0 Å². The number of unbranched alkanes of at least 4 members (excludes halogenated alkanes) is 32. The van der Waals surface area contributed by atoms with Crippen molar-refractivity contribution in [3.05, 3.63) is 97.2 Å². The maximum atomic E-state index is 13.1. The van der Waals surface area contributed by atoms with Gasteiger partial charge in [0.05, 0.1) is 26.4 Å². The minimum absolute atomic E-state index is 0.0696. The van der Waals surface area contributed by atoms with Gasteiger partial charge in [0.25, 0.3) is 0 Å². The third-order valence-corrected chi connectivity index (χ3v) is 18.4. The molecule has 578 valence electrons. The molecule has 100 heavy (non-hydrogen) atoms.